The standard InChI is InChI=1S/C16H25BrN4/c1-3-8-19-16(18-2)20-11-13-7-9-21(12-13)15-6-4-5-14(17)10-15/h4-6,10,13H,3,7-9,11-12H2,1-2H3,(H2,18,19,20). The Labute approximate surface area is 136 Å². The Kier molecular flexibility index (Phi) is 6.36. The molecule has 1 unspecified atom stereocenters. The number of hydrogen-bond acceptors (Lipinski definition) is 2. The van der Waals surface area contributed by atoms with Crippen molar-refractivity contribution in [1.29, 1.82) is 0 Å². The average Bonchev–Trinajstić information content (AvgIpc) is 2.96. The van der Waals surface area contributed by atoms with Crippen LogP contribution in [0.4, 0.5) is 5.69 Å². The molecule has 0 bridgehead atoms. The van der Waals surface area contributed by atoms with Crippen molar-refractivity contribution in [3.05, 3.63) is 28.7 Å². The van der Waals surface area contributed by atoms with Gasteiger partial charge >= 0.3 is 0 Å². The Bertz CT molecular complexity index is 475. The number of halogens is 1. The van der Waals surface area contributed by atoms with Crippen molar-refractivity contribution in [3.8, 4) is 0 Å². The van der Waals surface area contributed by atoms with Crippen molar-refractivity contribution in [2.45, 2.75) is 19.8 Å². The molecule has 21 heavy (non-hydrogen) atoms. The van der Waals surface area contributed by atoms with Gasteiger partial charge in [-0.25, -0.2) is 0 Å². The van der Waals surface area contributed by atoms with Gasteiger partial charge in [-0.2, -0.15) is 0 Å². The Morgan fingerprint density at radius 2 is 2.29 bits per heavy atom. The largest absolute Gasteiger partial charge is 0.371 e. The van der Waals surface area contributed by atoms with E-state index in [1.54, 1.807) is 0 Å². The Morgan fingerprint density at radius 1 is 1.43 bits per heavy atom. The predicted molar refractivity (Wildman–Crippen MR) is 94.1 cm³/mol. The third-order valence-corrected chi connectivity index (χ3v) is 4.28. The Balaban J connectivity index is 1.80. The molecule has 116 valence electrons. The summed E-state index contributed by atoms with van der Waals surface area (Å²) in [7, 11) is 1.83. The fourth-order valence-electron chi connectivity index (χ4n) is 2.61. The minimum absolute atomic E-state index is 0.671. The van der Waals surface area contributed by atoms with Gasteiger partial charge in [-0.3, -0.25) is 4.99 Å². The number of anilines is 1. The molecule has 0 saturated carbocycles. The molecular formula is C16H25BrN4. The van der Waals surface area contributed by atoms with Crippen LogP contribution >= 0.6 is 15.9 Å². The first kappa shape index (κ1) is 16.1. The number of benzene rings is 1. The highest BCUT2D eigenvalue weighted by Gasteiger charge is 2.22. The van der Waals surface area contributed by atoms with E-state index in [-0.39, 0.29) is 0 Å². The van der Waals surface area contributed by atoms with Crippen molar-refractivity contribution in [2.24, 2.45) is 10.9 Å². The molecule has 4 nitrogen and oxygen atoms in total. The molecule has 1 aromatic rings. The monoisotopic (exact) mass is 352 g/mol. The van der Waals surface area contributed by atoms with Gasteiger partial charge in [0.1, 0.15) is 0 Å². The van der Waals surface area contributed by atoms with Crippen molar-refractivity contribution in [1.82, 2.24) is 10.6 Å². The summed E-state index contributed by atoms with van der Waals surface area (Å²) in [5.74, 6) is 1.59. The van der Waals surface area contributed by atoms with E-state index in [2.05, 4.69) is 67.6 Å². The molecule has 0 amide bonds. The maximum Gasteiger partial charge on any atom is 0.190 e. The number of aliphatic imine (C=N–C) groups is 1. The van der Waals surface area contributed by atoms with Crippen LogP contribution in [0.5, 0.6) is 0 Å². The van der Waals surface area contributed by atoms with Crippen molar-refractivity contribution in [3.63, 3.8) is 0 Å². The van der Waals surface area contributed by atoms with Crippen LogP contribution in [0, 0.1) is 5.92 Å². The lowest BCUT2D eigenvalue weighted by Crippen LogP contribution is -2.40. The van der Waals surface area contributed by atoms with Crippen LogP contribution in [0.3, 0.4) is 0 Å². The predicted octanol–water partition coefficient (Wildman–Crippen LogP) is 2.85. The molecular weight excluding hydrogens is 328 g/mol. The maximum atomic E-state index is 4.25. The fourth-order valence-corrected chi connectivity index (χ4v) is 3.00. The van der Waals surface area contributed by atoms with Gasteiger partial charge in [0.05, 0.1) is 0 Å². The average molecular weight is 353 g/mol. The fraction of sp³-hybridized carbons (Fsp3) is 0.562. The lowest BCUT2D eigenvalue weighted by molar-refractivity contribution is 0.565. The molecule has 1 heterocycles. The van der Waals surface area contributed by atoms with Crippen LogP contribution in [-0.2, 0) is 0 Å². The normalized spacial score (nSPS) is 18.9. The highest BCUT2D eigenvalue weighted by atomic mass is 79.9. The SMILES string of the molecule is CCCNC(=NC)NCC1CCN(c2cccc(Br)c2)C1. The molecule has 0 radical (unpaired) electrons. The van der Waals surface area contributed by atoms with E-state index in [9.17, 15) is 0 Å². The lowest BCUT2D eigenvalue weighted by Gasteiger charge is -2.19. The first-order valence-electron chi connectivity index (χ1n) is 7.68. The van der Waals surface area contributed by atoms with Gasteiger partial charge in [-0.1, -0.05) is 28.9 Å². The first-order chi connectivity index (χ1) is 10.2. The molecule has 1 saturated heterocycles. The molecule has 0 spiro atoms. The summed E-state index contributed by atoms with van der Waals surface area (Å²) < 4.78 is 1.14. The Hall–Kier alpha value is -1.23. The third-order valence-electron chi connectivity index (χ3n) is 3.78. The van der Waals surface area contributed by atoms with Gasteiger partial charge in [-0.05, 0) is 37.0 Å². The second-order valence-corrected chi connectivity index (χ2v) is 6.38. The van der Waals surface area contributed by atoms with Crippen LogP contribution in [0.1, 0.15) is 19.8 Å². The van der Waals surface area contributed by atoms with Gasteiger partial charge in [0, 0.05) is 43.4 Å². The quantitative estimate of drug-likeness (QED) is 0.632. The minimum Gasteiger partial charge on any atom is -0.371 e. The zero-order valence-corrected chi connectivity index (χ0v) is 14.5. The molecule has 1 fully saturated rings. The topological polar surface area (TPSA) is 39.7 Å². The molecule has 2 N–H and O–H groups in total. The zero-order chi connectivity index (χ0) is 15.1. The third kappa shape index (κ3) is 4.92. The van der Waals surface area contributed by atoms with Crippen molar-refractivity contribution in [2.75, 3.05) is 38.1 Å². The second-order valence-electron chi connectivity index (χ2n) is 5.46. The Morgan fingerprint density at radius 3 is 3.00 bits per heavy atom. The summed E-state index contributed by atoms with van der Waals surface area (Å²) in [6.45, 7) is 6.34. The van der Waals surface area contributed by atoms with Crippen molar-refractivity contribution < 1.29 is 0 Å². The maximum absolute atomic E-state index is 4.25. The van der Waals surface area contributed by atoms with Crippen LogP contribution in [-0.4, -0.2) is 39.2 Å². The van der Waals surface area contributed by atoms with E-state index in [0.29, 0.717) is 5.92 Å². The van der Waals surface area contributed by atoms with Crippen molar-refractivity contribution >= 4 is 27.6 Å². The summed E-state index contributed by atoms with van der Waals surface area (Å²) in [4.78, 5) is 6.71. The number of rotatable bonds is 5. The van der Waals surface area contributed by atoms with E-state index in [0.717, 1.165) is 43.0 Å². The molecule has 1 atom stereocenters. The smallest absolute Gasteiger partial charge is 0.190 e. The summed E-state index contributed by atoms with van der Waals surface area (Å²) >= 11 is 3.54. The molecule has 0 aromatic heterocycles. The lowest BCUT2D eigenvalue weighted by atomic mass is 10.1. The molecule has 0 aliphatic carbocycles. The van der Waals surface area contributed by atoms with Gasteiger partial charge in [-0.15, -0.1) is 0 Å². The zero-order valence-electron chi connectivity index (χ0n) is 12.9. The van der Waals surface area contributed by atoms with Crippen LogP contribution in [0.25, 0.3) is 0 Å². The van der Waals surface area contributed by atoms with Crippen LogP contribution in [0.15, 0.2) is 33.7 Å². The highest BCUT2D eigenvalue weighted by Crippen LogP contribution is 2.25. The summed E-state index contributed by atoms with van der Waals surface area (Å²) in [6, 6.07) is 8.54. The summed E-state index contributed by atoms with van der Waals surface area (Å²) in [5.41, 5.74) is 1.31. The van der Waals surface area contributed by atoms with E-state index in [1.165, 1.54) is 12.1 Å². The van der Waals surface area contributed by atoms with Gasteiger partial charge in [0.25, 0.3) is 0 Å². The van der Waals surface area contributed by atoms with E-state index < -0.39 is 0 Å². The molecule has 2 rings (SSSR count). The second kappa shape index (κ2) is 8.27. The highest BCUT2D eigenvalue weighted by molar-refractivity contribution is 9.10. The molecule has 1 aliphatic heterocycles. The molecule has 5 heteroatoms. The van der Waals surface area contributed by atoms with Gasteiger partial charge in [0.2, 0.25) is 0 Å². The van der Waals surface area contributed by atoms with E-state index >= 15 is 0 Å². The summed E-state index contributed by atoms with van der Waals surface area (Å²) in [5, 5.41) is 6.75. The van der Waals surface area contributed by atoms with Crippen LogP contribution in [0.2, 0.25) is 0 Å². The van der Waals surface area contributed by atoms with E-state index in [1.807, 2.05) is 7.05 Å². The first-order valence-corrected chi connectivity index (χ1v) is 8.47. The van der Waals surface area contributed by atoms with Crippen LogP contribution < -0.4 is 15.5 Å². The number of nitrogens with zero attached hydrogens (tertiary/aromatic N) is 2. The van der Waals surface area contributed by atoms with E-state index in [4.69, 9.17) is 0 Å². The minimum atomic E-state index is 0.671. The molecule has 1 aliphatic rings. The number of hydrogen-bond donors (Lipinski definition) is 2. The van der Waals surface area contributed by atoms with Gasteiger partial charge in [0.15, 0.2) is 5.96 Å². The number of guanidine groups is 1. The number of nitrogens with one attached hydrogen (secondary N) is 2. The van der Waals surface area contributed by atoms with Gasteiger partial charge < -0.3 is 15.5 Å². The summed E-state index contributed by atoms with van der Waals surface area (Å²) in [6.07, 6.45) is 2.34. The molecule has 1 aromatic carbocycles.